The van der Waals surface area contributed by atoms with Gasteiger partial charge in [-0.15, -0.1) is 6.42 Å². The molecule has 102 valence electrons. The fraction of sp³-hybridized carbons (Fsp3) is 0.385. The standard InChI is InChI=1S/C13H16N2O3S/c1-2-7-15(9-10-3-4-10)19(17,18)11-5-6-13(16)12(14)8-11/h1,5-6,8,10,16H,3-4,7,9,14H2. The molecule has 0 spiro atoms. The van der Waals surface area contributed by atoms with Crippen LogP contribution in [0, 0.1) is 18.3 Å². The zero-order chi connectivity index (χ0) is 14.0. The van der Waals surface area contributed by atoms with Gasteiger partial charge in [0.05, 0.1) is 17.1 Å². The molecule has 6 heteroatoms. The van der Waals surface area contributed by atoms with Crippen LogP contribution in [0.2, 0.25) is 0 Å². The second kappa shape index (κ2) is 5.11. The zero-order valence-electron chi connectivity index (χ0n) is 10.4. The van der Waals surface area contributed by atoms with E-state index in [9.17, 15) is 13.5 Å². The van der Waals surface area contributed by atoms with Crippen LogP contribution in [0.4, 0.5) is 5.69 Å². The van der Waals surface area contributed by atoms with Gasteiger partial charge in [-0.1, -0.05) is 5.92 Å². The van der Waals surface area contributed by atoms with E-state index in [2.05, 4.69) is 5.92 Å². The Labute approximate surface area is 113 Å². The maximum atomic E-state index is 12.4. The summed E-state index contributed by atoms with van der Waals surface area (Å²) in [5, 5.41) is 9.34. The van der Waals surface area contributed by atoms with Gasteiger partial charge in [-0.05, 0) is 37.0 Å². The number of sulfonamides is 1. The zero-order valence-corrected chi connectivity index (χ0v) is 11.2. The first-order chi connectivity index (χ1) is 8.95. The molecular formula is C13H16N2O3S. The number of hydrogen-bond acceptors (Lipinski definition) is 4. The number of rotatable bonds is 5. The number of hydrogen-bond donors (Lipinski definition) is 2. The Balaban J connectivity index is 2.32. The largest absolute Gasteiger partial charge is 0.506 e. The van der Waals surface area contributed by atoms with Crippen molar-refractivity contribution in [2.24, 2.45) is 5.92 Å². The van der Waals surface area contributed by atoms with Crippen molar-refractivity contribution in [2.45, 2.75) is 17.7 Å². The summed E-state index contributed by atoms with van der Waals surface area (Å²) in [6.45, 7) is 0.479. The molecule has 3 N–H and O–H groups in total. The molecule has 0 heterocycles. The number of nitrogen functional groups attached to an aromatic ring is 1. The Hall–Kier alpha value is -1.71. The molecule has 0 bridgehead atoms. The molecule has 1 aliphatic rings. The second-order valence-electron chi connectivity index (χ2n) is 4.67. The monoisotopic (exact) mass is 280 g/mol. The molecule has 19 heavy (non-hydrogen) atoms. The summed E-state index contributed by atoms with van der Waals surface area (Å²) < 4.78 is 26.2. The van der Waals surface area contributed by atoms with Crippen molar-refractivity contribution < 1.29 is 13.5 Å². The molecule has 0 aliphatic heterocycles. The summed E-state index contributed by atoms with van der Waals surface area (Å²) in [5.41, 5.74) is 5.57. The maximum absolute atomic E-state index is 12.4. The summed E-state index contributed by atoms with van der Waals surface area (Å²) in [5.74, 6) is 2.63. The van der Waals surface area contributed by atoms with Gasteiger partial charge < -0.3 is 10.8 Å². The van der Waals surface area contributed by atoms with Gasteiger partial charge >= 0.3 is 0 Å². The third-order valence-electron chi connectivity index (χ3n) is 3.06. The molecule has 0 atom stereocenters. The highest BCUT2D eigenvalue weighted by atomic mass is 32.2. The van der Waals surface area contributed by atoms with Gasteiger partial charge in [0.25, 0.3) is 0 Å². The average Bonchev–Trinajstić information content (AvgIpc) is 3.16. The summed E-state index contributed by atoms with van der Waals surface area (Å²) in [4.78, 5) is 0.0544. The number of phenolic OH excluding ortho intramolecular Hbond substituents is 1. The van der Waals surface area contributed by atoms with Crippen LogP contribution in [-0.4, -0.2) is 30.9 Å². The van der Waals surface area contributed by atoms with Crippen molar-refractivity contribution in [2.75, 3.05) is 18.8 Å². The molecule has 0 radical (unpaired) electrons. The van der Waals surface area contributed by atoms with Gasteiger partial charge in [0.2, 0.25) is 10.0 Å². The number of benzene rings is 1. The first-order valence-electron chi connectivity index (χ1n) is 5.97. The van der Waals surface area contributed by atoms with Gasteiger partial charge in [-0.2, -0.15) is 4.31 Å². The van der Waals surface area contributed by atoms with Crippen LogP contribution >= 0.6 is 0 Å². The normalized spacial score (nSPS) is 15.4. The lowest BCUT2D eigenvalue weighted by atomic mass is 10.3. The topological polar surface area (TPSA) is 83.6 Å². The molecule has 1 aromatic rings. The number of nitrogens with zero attached hydrogens (tertiary/aromatic N) is 1. The van der Waals surface area contributed by atoms with E-state index in [1.807, 2.05) is 0 Å². The van der Waals surface area contributed by atoms with Gasteiger partial charge in [0.1, 0.15) is 5.75 Å². The van der Waals surface area contributed by atoms with Gasteiger partial charge in [0, 0.05) is 6.54 Å². The Kier molecular flexibility index (Phi) is 3.69. The fourth-order valence-electron chi connectivity index (χ4n) is 1.78. The van der Waals surface area contributed by atoms with E-state index in [0.29, 0.717) is 12.5 Å². The van der Waals surface area contributed by atoms with Crippen molar-refractivity contribution in [3.8, 4) is 18.1 Å². The molecule has 5 nitrogen and oxygen atoms in total. The van der Waals surface area contributed by atoms with Crippen LogP contribution < -0.4 is 5.73 Å². The van der Waals surface area contributed by atoms with Crippen molar-refractivity contribution in [3.63, 3.8) is 0 Å². The molecule has 2 rings (SSSR count). The van der Waals surface area contributed by atoms with Crippen LogP contribution in [0.1, 0.15) is 12.8 Å². The van der Waals surface area contributed by atoms with E-state index in [1.165, 1.54) is 22.5 Å². The third-order valence-corrected chi connectivity index (χ3v) is 4.87. The highest BCUT2D eigenvalue weighted by Crippen LogP contribution is 2.32. The molecular weight excluding hydrogens is 264 g/mol. The lowest BCUT2D eigenvalue weighted by Gasteiger charge is -2.20. The molecule has 1 aliphatic carbocycles. The molecule has 0 unspecified atom stereocenters. The van der Waals surface area contributed by atoms with Crippen LogP contribution in [-0.2, 0) is 10.0 Å². The molecule has 0 aromatic heterocycles. The van der Waals surface area contributed by atoms with E-state index in [1.54, 1.807) is 0 Å². The smallest absolute Gasteiger partial charge is 0.244 e. The Morgan fingerprint density at radius 2 is 2.16 bits per heavy atom. The average molecular weight is 280 g/mol. The quantitative estimate of drug-likeness (QED) is 0.479. The van der Waals surface area contributed by atoms with Crippen molar-refractivity contribution in [3.05, 3.63) is 18.2 Å². The number of aromatic hydroxyl groups is 1. The van der Waals surface area contributed by atoms with Crippen LogP contribution in [0.15, 0.2) is 23.1 Å². The maximum Gasteiger partial charge on any atom is 0.244 e. The summed E-state index contributed by atoms with van der Waals surface area (Å²) in [6.07, 6.45) is 7.31. The first kappa shape index (κ1) is 13.7. The van der Waals surface area contributed by atoms with E-state index in [4.69, 9.17) is 12.2 Å². The van der Waals surface area contributed by atoms with Crippen molar-refractivity contribution in [1.29, 1.82) is 0 Å². The van der Waals surface area contributed by atoms with Crippen molar-refractivity contribution in [1.82, 2.24) is 4.31 Å². The minimum absolute atomic E-state index is 0.0353. The molecule has 1 saturated carbocycles. The van der Waals surface area contributed by atoms with E-state index in [-0.39, 0.29) is 22.9 Å². The summed E-state index contributed by atoms with van der Waals surface area (Å²) in [7, 11) is -3.66. The van der Waals surface area contributed by atoms with Gasteiger partial charge in [0.15, 0.2) is 0 Å². The van der Waals surface area contributed by atoms with Crippen LogP contribution in [0.5, 0.6) is 5.75 Å². The summed E-state index contributed by atoms with van der Waals surface area (Å²) in [6, 6.07) is 3.85. The van der Waals surface area contributed by atoms with Gasteiger partial charge in [-0.25, -0.2) is 8.42 Å². The molecule has 0 saturated heterocycles. The van der Waals surface area contributed by atoms with E-state index >= 15 is 0 Å². The predicted octanol–water partition coefficient (Wildman–Crippen LogP) is 1.01. The number of phenols is 1. The Morgan fingerprint density at radius 3 is 2.68 bits per heavy atom. The number of nitrogens with two attached hydrogens (primary N) is 1. The molecule has 0 amide bonds. The van der Waals surface area contributed by atoms with E-state index < -0.39 is 10.0 Å². The fourth-order valence-corrected chi connectivity index (χ4v) is 3.25. The Bertz CT molecular complexity index is 615. The summed E-state index contributed by atoms with van der Waals surface area (Å²) >= 11 is 0. The van der Waals surface area contributed by atoms with E-state index in [0.717, 1.165) is 12.8 Å². The SMILES string of the molecule is C#CCN(CC1CC1)S(=O)(=O)c1ccc(O)c(N)c1. The highest BCUT2D eigenvalue weighted by Gasteiger charge is 2.31. The minimum atomic E-state index is -3.66. The number of anilines is 1. The van der Waals surface area contributed by atoms with Crippen LogP contribution in [0.3, 0.4) is 0 Å². The van der Waals surface area contributed by atoms with Crippen molar-refractivity contribution >= 4 is 15.7 Å². The second-order valence-corrected chi connectivity index (χ2v) is 6.60. The number of terminal acetylenes is 1. The Morgan fingerprint density at radius 1 is 1.47 bits per heavy atom. The minimum Gasteiger partial charge on any atom is -0.506 e. The lowest BCUT2D eigenvalue weighted by molar-refractivity contribution is 0.430. The molecule has 1 fully saturated rings. The third kappa shape index (κ3) is 3.00. The van der Waals surface area contributed by atoms with Crippen LogP contribution in [0.25, 0.3) is 0 Å². The highest BCUT2D eigenvalue weighted by molar-refractivity contribution is 7.89. The lowest BCUT2D eigenvalue weighted by Crippen LogP contribution is -2.33. The predicted molar refractivity (Wildman–Crippen MR) is 72.8 cm³/mol. The molecule has 1 aromatic carbocycles. The first-order valence-corrected chi connectivity index (χ1v) is 7.41. The van der Waals surface area contributed by atoms with Gasteiger partial charge in [-0.3, -0.25) is 0 Å².